The minimum Gasteiger partial charge on any atom is -0.360 e. The molecule has 7 heteroatoms. The molecule has 2 aromatic heterocycles. The highest BCUT2D eigenvalue weighted by molar-refractivity contribution is 6.37. The van der Waals surface area contributed by atoms with E-state index in [1.807, 2.05) is 34.9 Å². The molecule has 0 bridgehead atoms. The third-order valence-corrected chi connectivity index (χ3v) is 6.56. The maximum absolute atomic E-state index is 13.4. The molecular weight excluding hydrogens is 414 g/mol. The second-order valence-corrected chi connectivity index (χ2v) is 8.59. The van der Waals surface area contributed by atoms with Crippen LogP contribution in [-0.4, -0.2) is 22.2 Å². The van der Waals surface area contributed by atoms with Crippen molar-refractivity contribution in [1.82, 2.24) is 15.0 Å². The first-order valence-corrected chi connectivity index (χ1v) is 10.8. The number of nitrogens with zero attached hydrogens (tertiary/aromatic N) is 2. The molecule has 2 atom stereocenters. The zero-order valence-electron chi connectivity index (χ0n) is 17.1. The average Bonchev–Trinajstić information content (AvgIpc) is 3.40. The minimum atomic E-state index is -0.0949. The smallest absolute Gasteiger partial charge is 0.264 e. The van der Waals surface area contributed by atoms with Gasteiger partial charge in [-0.05, 0) is 56.4 Å². The number of benzene rings is 2. The summed E-state index contributed by atoms with van der Waals surface area (Å²) in [6.07, 6.45) is 2.62. The lowest BCUT2D eigenvalue weighted by molar-refractivity contribution is 0.0947. The number of halogens is 1. The van der Waals surface area contributed by atoms with Gasteiger partial charge in [-0.2, -0.15) is 0 Å². The second kappa shape index (κ2) is 7.85. The molecule has 158 valence electrons. The van der Waals surface area contributed by atoms with Crippen molar-refractivity contribution in [3.05, 3.63) is 75.2 Å². The Morgan fingerprint density at radius 2 is 1.97 bits per heavy atom. The number of nitrogens with one attached hydrogen (secondary N) is 1. The number of aryl methyl sites for hydroxylation is 1. The molecule has 0 radical (unpaired) electrons. The lowest BCUT2D eigenvalue weighted by Crippen LogP contribution is -2.29. The average molecular weight is 436 g/mol. The van der Waals surface area contributed by atoms with Crippen LogP contribution in [-0.2, 0) is 0 Å². The van der Waals surface area contributed by atoms with Gasteiger partial charge < -0.3 is 14.4 Å². The third-order valence-electron chi connectivity index (χ3n) is 6.25. The van der Waals surface area contributed by atoms with Crippen LogP contribution in [0.5, 0.6) is 0 Å². The van der Waals surface area contributed by atoms with Gasteiger partial charge in [-0.1, -0.05) is 41.0 Å². The van der Waals surface area contributed by atoms with Crippen LogP contribution in [0.3, 0.4) is 0 Å². The van der Waals surface area contributed by atoms with Crippen molar-refractivity contribution in [2.45, 2.75) is 32.2 Å². The maximum atomic E-state index is 13.4. The highest BCUT2D eigenvalue weighted by atomic mass is 35.5. The van der Waals surface area contributed by atoms with E-state index in [-0.39, 0.29) is 17.5 Å². The summed E-state index contributed by atoms with van der Waals surface area (Å²) in [7, 11) is 0. The first-order valence-electron chi connectivity index (χ1n) is 10.5. The van der Waals surface area contributed by atoms with Crippen LogP contribution < -0.4 is 10.9 Å². The molecule has 1 saturated carbocycles. The van der Waals surface area contributed by atoms with Crippen molar-refractivity contribution in [3.63, 3.8) is 0 Å². The summed E-state index contributed by atoms with van der Waals surface area (Å²) in [6.45, 7) is 2.34. The van der Waals surface area contributed by atoms with E-state index in [0.29, 0.717) is 39.7 Å². The quantitative estimate of drug-likeness (QED) is 0.495. The van der Waals surface area contributed by atoms with E-state index in [9.17, 15) is 9.59 Å². The number of hydrogen-bond acceptors (Lipinski definition) is 4. The number of hydrogen-bond donors (Lipinski definition) is 1. The number of pyridine rings is 1. The molecule has 31 heavy (non-hydrogen) atoms. The summed E-state index contributed by atoms with van der Waals surface area (Å²) >= 11 is 6.50. The molecule has 2 heterocycles. The Kier molecular flexibility index (Phi) is 5.02. The molecule has 2 aromatic carbocycles. The fraction of sp³-hybridized carbons (Fsp3) is 0.292. The van der Waals surface area contributed by atoms with Gasteiger partial charge in [0, 0.05) is 23.5 Å². The lowest BCUT2D eigenvalue weighted by atomic mass is 10.1. The molecule has 0 unspecified atom stereocenters. The van der Waals surface area contributed by atoms with Gasteiger partial charge >= 0.3 is 0 Å². The lowest BCUT2D eigenvalue weighted by Gasteiger charge is -2.19. The number of rotatable bonds is 4. The summed E-state index contributed by atoms with van der Waals surface area (Å²) in [5.41, 5.74) is 1.85. The predicted octanol–water partition coefficient (Wildman–Crippen LogP) is 4.88. The Morgan fingerprint density at radius 1 is 1.16 bits per heavy atom. The number of fused-ring (bicyclic) bond motifs is 3. The summed E-state index contributed by atoms with van der Waals surface area (Å²) < 4.78 is 7.19. The van der Waals surface area contributed by atoms with Gasteiger partial charge in [0.1, 0.15) is 16.7 Å². The fourth-order valence-electron chi connectivity index (χ4n) is 4.73. The van der Waals surface area contributed by atoms with E-state index < -0.39 is 0 Å². The van der Waals surface area contributed by atoms with Crippen molar-refractivity contribution >= 4 is 39.3 Å². The molecule has 1 aliphatic rings. The van der Waals surface area contributed by atoms with Gasteiger partial charge in [0.2, 0.25) is 0 Å². The van der Waals surface area contributed by atoms with Crippen molar-refractivity contribution < 1.29 is 9.32 Å². The zero-order chi connectivity index (χ0) is 21.5. The minimum absolute atomic E-state index is 0.0331. The van der Waals surface area contributed by atoms with Gasteiger partial charge in [0.05, 0.1) is 10.5 Å². The zero-order valence-corrected chi connectivity index (χ0v) is 17.9. The van der Waals surface area contributed by atoms with Crippen molar-refractivity contribution in [2.75, 3.05) is 6.54 Å². The highest BCUT2D eigenvalue weighted by Gasteiger charge is 2.30. The van der Waals surface area contributed by atoms with Gasteiger partial charge in [-0.3, -0.25) is 9.59 Å². The Hall–Kier alpha value is -3.12. The molecule has 1 fully saturated rings. The molecule has 0 saturated heterocycles. The first kappa shape index (κ1) is 19.8. The van der Waals surface area contributed by atoms with E-state index in [0.717, 1.165) is 30.2 Å². The molecule has 0 aliphatic heterocycles. The molecular formula is C24H22ClN3O3. The fourth-order valence-corrected chi connectivity index (χ4v) is 4.99. The van der Waals surface area contributed by atoms with Gasteiger partial charge in [0.25, 0.3) is 11.5 Å². The highest BCUT2D eigenvalue weighted by Crippen LogP contribution is 2.38. The molecule has 5 rings (SSSR count). The monoisotopic (exact) mass is 435 g/mol. The van der Waals surface area contributed by atoms with E-state index >= 15 is 0 Å². The van der Waals surface area contributed by atoms with E-state index in [2.05, 4.69) is 10.5 Å². The number of carbonyl (C=O) groups excluding carboxylic acids is 1. The summed E-state index contributed by atoms with van der Waals surface area (Å²) in [5, 5.41) is 8.93. The van der Waals surface area contributed by atoms with E-state index in [4.69, 9.17) is 16.1 Å². The standard InChI is InChI=1S/C24H22ClN3O3/c1-14-20-22(27-31-14)21-18(25)8-5-9-19(21)28(24(20)30)17-11-10-15(12-17)13-26-23(29)16-6-3-2-4-7-16/h2-9,15,17H,10-13H2,1H3,(H,26,29)/t15-,17+/m1/s1. The van der Waals surface area contributed by atoms with Gasteiger partial charge in [-0.15, -0.1) is 0 Å². The predicted molar refractivity (Wildman–Crippen MR) is 121 cm³/mol. The topological polar surface area (TPSA) is 77.1 Å². The maximum Gasteiger partial charge on any atom is 0.264 e. The summed E-state index contributed by atoms with van der Waals surface area (Å²) in [4.78, 5) is 25.8. The van der Waals surface area contributed by atoms with Crippen LogP contribution in [0, 0.1) is 12.8 Å². The SMILES string of the molecule is Cc1onc2c1c(=O)n([C@H]1CC[C@@H](CNC(=O)c3ccccc3)C1)c1cccc(Cl)c21. The Balaban J connectivity index is 1.44. The molecule has 1 aliphatic carbocycles. The first-order chi connectivity index (χ1) is 15.0. The summed E-state index contributed by atoms with van der Waals surface area (Å²) in [6, 6.07) is 14.8. The van der Waals surface area contributed by atoms with Crippen LogP contribution in [0.1, 0.15) is 41.4 Å². The molecule has 1 N–H and O–H groups in total. The van der Waals surface area contributed by atoms with E-state index in [1.165, 1.54) is 0 Å². The summed E-state index contributed by atoms with van der Waals surface area (Å²) in [5.74, 6) is 0.735. The normalized spacial score (nSPS) is 18.6. The van der Waals surface area contributed by atoms with Crippen molar-refractivity contribution in [2.24, 2.45) is 5.92 Å². The van der Waals surface area contributed by atoms with Gasteiger partial charge in [0.15, 0.2) is 0 Å². The Morgan fingerprint density at radius 3 is 2.77 bits per heavy atom. The molecule has 0 spiro atoms. The third kappa shape index (κ3) is 3.41. The molecule has 4 aromatic rings. The van der Waals surface area contributed by atoms with Crippen LogP contribution in [0.25, 0.3) is 21.8 Å². The number of aromatic nitrogens is 2. The van der Waals surface area contributed by atoms with Crippen molar-refractivity contribution in [1.29, 1.82) is 0 Å². The molecule has 6 nitrogen and oxygen atoms in total. The Bertz CT molecular complexity index is 1340. The Labute approximate surface area is 183 Å². The van der Waals surface area contributed by atoms with Crippen LogP contribution >= 0.6 is 11.6 Å². The van der Waals surface area contributed by atoms with Crippen molar-refractivity contribution in [3.8, 4) is 0 Å². The van der Waals surface area contributed by atoms with Crippen LogP contribution in [0.15, 0.2) is 57.8 Å². The largest absolute Gasteiger partial charge is 0.360 e. The number of amides is 1. The van der Waals surface area contributed by atoms with E-state index in [1.54, 1.807) is 25.1 Å². The van der Waals surface area contributed by atoms with Gasteiger partial charge in [-0.25, -0.2) is 0 Å². The molecule has 1 amide bonds. The van der Waals surface area contributed by atoms with Crippen LogP contribution in [0.2, 0.25) is 5.02 Å². The number of carbonyl (C=O) groups is 1. The van der Waals surface area contributed by atoms with Crippen LogP contribution in [0.4, 0.5) is 0 Å². The second-order valence-electron chi connectivity index (χ2n) is 8.18.